The Bertz CT molecular complexity index is 1250. The summed E-state index contributed by atoms with van der Waals surface area (Å²) in [6.45, 7) is 5.49. The summed E-state index contributed by atoms with van der Waals surface area (Å²) in [7, 11) is 3.10. The summed E-state index contributed by atoms with van der Waals surface area (Å²) in [5.41, 5.74) is -0.154. The average molecular weight is 441 g/mol. The molecule has 0 unspecified atom stereocenters. The van der Waals surface area contributed by atoms with E-state index in [1.807, 2.05) is 26.8 Å². The summed E-state index contributed by atoms with van der Waals surface area (Å²) < 4.78 is 13.0. The largest absolute Gasteiger partial charge is 0.493 e. The van der Waals surface area contributed by atoms with Gasteiger partial charge in [-0.25, -0.2) is 9.78 Å². The zero-order valence-electron chi connectivity index (χ0n) is 19.0. The maximum absolute atomic E-state index is 13.2. The average Bonchev–Trinajstić information content (AvgIpc) is 2.75. The van der Waals surface area contributed by atoms with Crippen molar-refractivity contribution < 1.29 is 14.3 Å². The van der Waals surface area contributed by atoms with Crippen molar-refractivity contribution in [1.82, 2.24) is 19.4 Å². The second-order valence-electron chi connectivity index (χ2n) is 8.43. The van der Waals surface area contributed by atoms with Gasteiger partial charge in [-0.05, 0) is 57.0 Å². The van der Waals surface area contributed by atoms with Crippen LogP contribution in [0.5, 0.6) is 11.5 Å². The van der Waals surface area contributed by atoms with Crippen molar-refractivity contribution in [2.45, 2.75) is 45.8 Å². The van der Waals surface area contributed by atoms with E-state index >= 15 is 0 Å². The van der Waals surface area contributed by atoms with Crippen molar-refractivity contribution in [2.24, 2.45) is 0 Å². The van der Waals surface area contributed by atoms with Crippen molar-refractivity contribution in [2.75, 3.05) is 14.2 Å². The second-order valence-corrected chi connectivity index (χ2v) is 8.43. The van der Waals surface area contributed by atoms with Crippen LogP contribution in [0.3, 0.4) is 0 Å². The van der Waals surface area contributed by atoms with Crippen LogP contribution in [0.25, 0.3) is 11.0 Å². The summed E-state index contributed by atoms with van der Waals surface area (Å²) in [5.74, 6) is 0.833. The number of hydrogen-bond donors (Lipinski definition) is 1. The Morgan fingerprint density at radius 2 is 1.78 bits per heavy atom. The van der Waals surface area contributed by atoms with Gasteiger partial charge in [-0.1, -0.05) is 6.07 Å². The van der Waals surface area contributed by atoms with Gasteiger partial charge in [-0.3, -0.25) is 18.7 Å². The zero-order chi connectivity index (χ0) is 23.5. The number of fused-ring (bicyclic) bond motifs is 1. The molecule has 9 heteroatoms. The van der Waals surface area contributed by atoms with E-state index in [4.69, 9.17) is 9.47 Å². The number of carbonyl (C=O) groups is 1. The van der Waals surface area contributed by atoms with Crippen LogP contribution >= 0.6 is 0 Å². The Hall–Kier alpha value is -3.62. The number of hydrogen-bond acceptors (Lipinski definition) is 6. The lowest BCUT2D eigenvalue weighted by Gasteiger charge is -2.21. The van der Waals surface area contributed by atoms with Gasteiger partial charge >= 0.3 is 5.69 Å². The number of methoxy groups -OCH3 is 2. The van der Waals surface area contributed by atoms with E-state index in [9.17, 15) is 14.4 Å². The highest BCUT2D eigenvalue weighted by Crippen LogP contribution is 2.27. The maximum atomic E-state index is 13.2. The summed E-state index contributed by atoms with van der Waals surface area (Å²) in [5, 5.41) is 2.84. The number of nitrogens with zero attached hydrogens (tertiary/aromatic N) is 3. The highest BCUT2D eigenvalue weighted by molar-refractivity contribution is 5.80. The van der Waals surface area contributed by atoms with E-state index in [1.165, 1.54) is 10.8 Å². The Morgan fingerprint density at radius 3 is 2.44 bits per heavy atom. The fourth-order valence-electron chi connectivity index (χ4n) is 3.47. The van der Waals surface area contributed by atoms with Crippen molar-refractivity contribution >= 4 is 16.9 Å². The second kappa shape index (κ2) is 9.25. The molecule has 170 valence electrons. The SMILES string of the molecule is COc1ccc(CCn2c(=O)c3ncccc3n(CC(=O)NC(C)(C)C)c2=O)cc1OC. The van der Waals surface area contributed by atoms with Crippen LogP contribution in [0, 0.1) is 0 Å². The van der Waals surface area contributed by atoms with Crippen molar-refractivity contribution in [3.63, 3.8) is 0 Å². The number of rotatable bonds is 7. The normalized spacial score (nSPS) is 11.4. The number of pyridine rings is 1. The third-order valence-corrected chi connectivity index (χ3v) is 4.87. The number of ether oxygens (including phenoxy) is 2. The summed E-state index contributed by atoms with van der Waals surface area (Å²) >= 11 is 0. The lowest BCUT2D eigenvalue weighted by atomic mass is 10.1. The van der Waals surface area contributed by atoms with Crippen LogP contribution < -0.4 is 26.0 Å². The third kappa shape index (κ3) is 4.99. The van der Waals surface area contributed by atoms with Crippen molar-refractivity contribution in [1.29, 1.82) is 0 Å². The molecule has 0 spiro atoms. The number of amides is 1. The third-order valence-electron chi connectivity index (χ3n) is 4.87. The molecule has 1 N–H and O–H groups in total. The molecule has 0 radical (unpaired) electrons. The van der Waals surface area contributed by atoms with E-state index in [-0.39, 0.29) is 24.5 Å². The first kappa shape index (κ1) is 23.1. The topological polar surface area (TPSA) is 104 Å². The maximum Gasteiger partial charge on any atom is 0.332 e. The van der Waals surface area contributed by atoms with Crippen LogP contribution in [-0.4, -0.2) is 39.8 Å². The number of aromatic nitrogens is 3. The molecule has 32 heavy (non-hydrogen) atoms. The lowest BCUT2D eigenvalue weighted by Crippen LogP contribution is -2.46. The Kier molecular flexibility index (Phi) is 6.67. The number of aryl methyl sites for hydroxylation is 1. The van der Waals surface area contributed by atoms with Crippen molar-refractivity contribution in [3.8, 4) is 11.5 Å². The Morgan fingerprint density at radius 1 is 1.06 bits per heavy atom. The van der Waals surface area contributed by atoms with Gasteiger partial charge in [0.25, 0.3) is 5.56 Å². The molecule has 0 aliphatic carbocycles. The fourth-order valence-corrected chi connectivity index (χ4v) is 3.47. The first-order valence-electron chi connectivity index (χ1n) is 10.2. The highest BCUT2D eigenvalue weighted by atomic mass is 16.5. The Balaban J connectivity index is 2.00. The van der Waals surface area contributed by atoms with Crippen LogP contribution in [0.1, 0.15) is 26.3 Å². The van der Waals surface area contributed by atoms with Gasteiger partial charge in [0.15, 0.2) is 17.0 Å². The molecule has 0 bridgehead atoms. The smallest absolute Gasteiger partial charge is 0.332 e. The van der Waals surface area contributed by atoms with Gasteiger partial charge in [-0.15, -0.1) is 0 Å². The summed E-state index contributed by atoms with van der Waals surface area (Å²) in [4.78, 5) is 42.9. The lowest BCUT2D eigenvalue weighted by molar-refractivity contribution is -0.123. The van der Waals surface area contributed by atoms with E-state index in [2.05, 4.69) is 10.3 Å². The molecule has 2 heterocycles. The Labute approximate surface area is 185 Å². The summed E-state index contributed by atoms with van der Waals surface area (Å²) in [6, 6.07) is 8.68. The van der Waals surface area contributed by atoms with Gasteiger partial charge in [0.05, 0.1) is 19.7 Å². The molecule has 0 aliphatic rings. The molecular weight excluding hydrogens is 412 g/mol. The number of carbonyl (C=O) groups excluding carboxylic acids is 1. The van der Waals surface area contributed by atoms with Crippen molar-refractivity contribution in [3.05, 3.63) is 62.9 Å². The first-order valence-corrected chi connectivity index (χ1v) is 10.2. The first-order chi connectivity index (χ1) is 15.1. The van der Waals surface area contributed by atoms with Gasteiger partial charge in [-0.2, -0.15) is 0 Å². The molecule has 2 aromatic heterocycles. The number of benzene rings is 1. The standard InChI is InChI=1S/C23H28N4O5/c1-23(2,3)25-19(28)14-27-16-7-6-11-24-20(16)21(29)26(22(27)30)12-10-15-8-9-17(31-4)18(13-15)32-5/h6-9,11,13H,10,12,14H2,1-5H3,(H,25,28). The minimum Gasteiger partial charge on any atom is -0.493 e. The van der Waals surface area contributed by atoms with E-state index < -0.39 is 16.8 Å². The molecule has 0 aliphatic heterocycles. The fraction of sp³-hybridized carbons (Fsp3) is 0.391. The van der Waals surface area contributed by atoms with Gasteiger partial charge in [0.1, 0.15) is 6.54 Å². The predicted molar refractivity (Wildman–Crippen MR) is 121 cm³/mol. The van der Waals surface area contributed by atoms with Crippen LogP contribution in [-0.2, 0) is 24.3 Å². The molecule has 0 saturated heterocycles. The summed E-state index contributed by atoms with van der Waals surface area (Å²) in [6.07, 6.45) is 1.90. The van der Waals surface area contributed by atoms with E-state index in [1.54, 1.807) is 38.5 Å². The zero-order valence-corrected chi connectivity index (χ0v) is 19.0. The molecule has 1 aromatic carbocycles. The molecule has 3 aromatic rings. The van der Waals surface area contributed by atoms with E-state index in [0.717, 1.165) is 10.1 Å². The monoisotopic (exact) mass is 440 g/mol. The van der Waals surface area contributed by atoms with Gasteiger partial charge < -0.3 is 14.8 Å². The van der Waals surface area contributed by atoms with E-state index in [0.29, 0.717) is 23.4 Å². The molecule has 0 saturated carbocycles. The van der Waals surface area contributed by atoms with Crippen LogP contribution in [0.4, 0.5) is 0 Å². The molecule has 1 amide bonds. The predicted octanol–water partition coefficient (Wildman–Crippen LogP) is 1.73. The quantitative estimate of drug-likeness (QED) is 0.600. The molecule has 0 fully saturated rings. The molecule has 9 nitrogen and oxygen atoms in total. The molecule has 3 rings (SSSR count). The molecular formula is C23H28N4O5. The highest BCUT2D eigenvalue weighted by Gasteiger charge is 2.19. The van der Waals surface area contributed by atoms with Crippen LogP contribution in [0.2, 0.25) is 0 Å². The minimum absolute atomic E-state index is 0.126. The van der Waals surface area contributed by atoms with Gasteiger partial charge in [0, 0.05) is 18.3 Å². The molecule has 0 atom stereocenters. The van der Waals surface area contributed by atoms with Crippen LogP contribution in [0.15, 0.2) is 46.1 Å². The van der Waals surface area contributed by atoms with Gasteiger partial charge in [0.2, 0.25) is 5.91 Å². The minimum atomic E-state index is -0.556. The number of nitrogens with one attached hydrogen (secondary N) is 1.